The minimum atomic E-state index is -0.634. The third kappa shape index (κ3) is 2.87. The van der Waals surface area contributed by atoms with Gasteiger partial charge in [0.25, 0.3) is 0 Å². The molecule has 2 rings (SSSR count). The molecule has 0 heterocycles. The Kier molecular flexibility index (Phi) is 4.30. The van der Waals surface area contributed by atoms with Crippen molar-refractivity contribution in [3.05, 3.63) is 28.7 Å². The molecule has 1 aromatic rings. The van der Waals surface area contributed by atoms with Gasteiger partial charge in [-0.05, 0) is 53.7 Å². The lowest BCUT2D eigenvalue weighted by atomic mass is 9.81. The Balaban J connectivity index is 2.04. The molecule has 3 N–H and O–H groups in total. The number of benzene rings is 1. The molecule has 1 aromatic carbocycles. The quantitative estimate of drug-likeness (QED) is 0.901. The molecular weight excluding hydrogens is 292 g/mol. The van der Waals surface area contributed by atoms with E-state index in [0.717, 1.165) is 30.2 Å². The number of hydrogen-bond acceptors (Lipinski definition) is 3. The van der Waals surface area contributed by atoms with Crippen molar-refractivity contribution < 1.29 is 5.11 Å². The van der Waals surface area contributed by atoms with Gasteiger partial charge in [0, 0.05) is 24.1 Å². The minimum Gasteiger partial charge on any atom is -0.389 e. The molecule has 4 heteroatoms. The van der Waals surface area contributed by atoms with Crippen LogP contribution in [-0.4, -0.2) is 30.3 Å². The topological polar surface area (TPSA) is 49.5 Å². The van der Waals surface area contributed by atoms with Gasteiger partial charge in [-0.2, -0.15) is 0 Å². The fourth-order valence-corrected chi connectivity index (χ4v) is 3.23. The first-order chi connectivity index (χ1) is 8.56. The highest BCUT2D eigenvalue weighted by Gasteiger charge is 2.33. The van der Waals surface area contributed by atoms with Gasteiger partial charge in [0.15, 0.2) is 0 Å². The Morgan fingerprint density at radius 1 is 1.39 bits per heavy atom. The maximum Gasteiger partial charge on any atom is 0.0770 e. The van der Waals surface area contributed by atoms with Crippen molar-refractivity contribution in [2.75, 3.05) is 18.5 Å². The van der Waals surface area contributed by atoms with Crippen molar-refractivity contribution in [1.82, 2.24) is 0 Å². The van der Waals surface area contributed by atoms with E-state index in [0.29, 0.717) is 12.6 Å². The van der Waals surface area contributed by atoms with Gasteiger partial charge in [0.1, 0.15) is 0 Å². The molecule has 1 aliphatic carbocycles. The maximum atomic E-state index is 10.2. The van der Waals surface area contributed by atoms with Gasteiger partial charge in [-0.25, -0.2) is 0 Å². The Morgan fingerprint density at radius 2 is 2.00 bits per heavy atom. The second kappa shape index (κ2) is 5.59. The van der Waals surface area contributed by atoms with Crippen LogP contribution in [0.3, 0.4) is 0 Å². The van der Waals surface area contributed by atoms with Gasteiger partial charge in [-0.15, -0.1) is 0 Å². The SMILES string of the molecule is CN(c1ccccc1Br)C1CCC(O)(CN)CC1. The van der Waals surface area contributed by atoms with Crippen molar-refractivity contribution in [3.63, 3.8) is 0 Å². The monoisotopic (exact) mass is 312 g/mol. The zero-order chi connectivity index (χ0) is 13.2. The van der Waals surface area contributed by atoms with Gasteiger partial charge in [0.2, 0.25) is 0 Å². The number of para-hydroxylation sites is 1. The van der Waals surface area contributed by atoms with E-state index in [1.165, 1.54) is 5.69 Å². The van der Waals surface area contributed by atoms with Crippen molar-refractivity contribution in [2.24, 2.45) is 5.73 Å². The number of anilines is 1. The van der Waals surface area contributed by atoms with Gasteiger partial charge in [-0.3, -0.25) is 0 Å². The molecule has 0 saturated heterocycles. The summed E-state index contributed by atoms with van der Waals surface area (Å²) in [5.41, 5.74) is 6.20. The first-order valence-electron chi connectivity index (χ1n) is 6.45. The van der Waals surface area contributed by atoms with Crippen LogP contribution < -0.4 is 10.6 Å². The zero-order valence-electron chi connectivity index (χ0n) is 10.8. The lowest BCUT2D eigenvalue weighted by Crippen LogP contribution is -2.46. The molecule has 0 unspecified atom stereocenters. The molecule has 1 saturated carbocycles. The molecular formula is C14H21BrN2O. The van der Waals surface area contributed by atoms with Gasteiger partial charge in [-0.1, -0.05) is 12.1 Å². The van der Waals surface area contributed by atoms with Crippen LogP contribution in [0.2, 0.25) is 0 Å². The third-order valence-electron chi connectivity index (χ3n) is 4.05. The summed E-state index contributed by atoms with van der Waals surface area (Å²) in [5.74, 6) is 0. The lowest BCUT2D eigenvalue weighted by Gasteiger charge is -2.40. The Labute approximate surface area is 117 Å². The molecule has 0 spiro atoms. The average molecular weight is 313 g/mol. The smallest absolute Gasteiger partial charge is 0.0770 e. The molecule has 100 valence electrons. The Bertz CT molecular complexity index is 403. The fraction of sp³-hybridized carbons (Fsp3) is 0.571. The predicted octanol–water partition coefficient (Wildman–Crippen LogP) is 2.52. The van der Waals surface area contributed by atoms with Gasteiger partial charge < -0.3 is 15.7 Å². The number of halogens is 1. The van der Waals surface area contributed by atoms with E-state index in [2.05, 4.69) is 46.1 Å². The Morgan fingerprint density at radius 3 is 2.56 bits per heavy atom. The van der Waals surface area contributed by atoms with Gasteiger partial charge in [0.05, 0.1) is 11.3 Å². The van der Waals surface area contributed by atoms with Crippen molar-refractivity contribution in [1.29, 1.82) is 0 Å². The molecule has 3 nitrogen and oxygen atoms in total. The standard InChI is InChI=1S/C14H21BrN2O/c1-17(13-5-3-2-4-12(13)15)11-6-8-14(18,10-16)9-7-11/h2-5,11,18H,6-10,16H2,1H3. The molecule has 1 fully saturated rings. The summed E-state index contributed by atoms with van der Waals surface area (Å²) in [4.78, 5) is 2.31. The van der Waals surface area contributed by atoms with Crippen LogP contribution in [-0.2, 0) is 0 Å². The summed E-state index contributed by atoms with van der Waals surface area (Å²) >= 11 is 3.59. The number of rotatable bonds is 3. The van der Waals surface area contributed by atoms with E-state index in [-0.39, 0.29) is 0 Å². The maximum absolute atomic E-state index is 10.2. The summed E-state index contributed by atoms with van der Waals surface area (Å²) in [6.45, 7) is 0.373. The summed E-state index contributed by atoms with van der Waals surface area (Å²) in [5, 5.41) is 10.2. The van der Waals surface area contributed by atoms with Crippen LogP contribution in [0.1, 0.15) is 25.7 Å². The summed E-state index contributed by atoms with van der Waals surface area (Å²) in [6.07, 6.45) is 3.57. The van der Waals surface area contributed by atoms with Crippen molar-refractivity contribution in [2.45, 2.75) is 37.3 Å². The summed E-state index contributed by atoms with van der Waals surface area (Å²) < 4.78 is 1.12. The molecule has 0 atom stereocenters. The van der Waals surface area contributed by atoms with E-state index in [1.807, 2.05) is 6.07 Å². The first-order valence-corrected chi connectivity index (χ1v) is 7.25. The predicted molar refractivity (Wildman–Crippen MR) is 78.8 cm³/mol. The van der Waals surface area contributed by atoms with Crippen LogP contribution >= 0.6 is 15.9 Å². The van der Waals surface area contributed by atoms with Gasteiger partial charge >= 0.3 is 0 Å². The third-order valence-corrected chi connectivity index (χ3v) is 4.72. The first kappa shape index (κ1) is 13.8. The van der Waals surface area contributed by atoms with Crippen LogP contribution in [0, 0.1) is 0 Å². The molecule has 0 amide bonds. The number of aliphatic hydroxyl groups is 1. The van der Waals surface area contributed by atoms with E-state index in [9.17, 15) is 5.11 Å². The van der Waals surface area contributed by atoms with Crippen molar-refractivity contribution in [3.8, 4) is 0 Å². The molecule has 0 radical (unpaired) electrons. The number of nitrogens with two attached hydrogens (primary N) is 1. The highest BCUT2D eigenvalue weighted by molar-refractivity contribution is 9.10. The second-order valence-corrected chi connectivity index (χ2v) is 6.08. The van der Waals surface area contributed by atoms with E-state index < -0.39 is 5.60 Å². The average Bonchev–Trinajstić information content (AvgIpc) is 2.39. The normalized spacial score (nSPS) is 28.1. The summed E-state index contributed by atoms with van der Waals surface area (Å²) in [6, 6.07) is 8.74. The largest absolute Gasteiger partial charge is 0.389 e. The van der Waals surface area contributed by atoms with Crippen LogP contribution in [0.15, 0.2) is 28.7 Å². The minimum absolute atomic E-state index is 0.373. The summed E-state index contributed by atoms with van der Waals surface area (Å²) in [7, 11) is 2.12. The highest BCUT2D eigenvalue weighted by atomic mass is 79.9. The zero-order valence-corrected chi connectivity index (χ0v) is 12.4. The molecule has 1 aliphatic rings. The van der Waals surface area contributed by atoms with Crippen LogP contribution in [0.25, 0.3) is 0 Å². The van der Waals surface area contributed by atoms with E-state index >= 15 is 0 Å². The van der Waals surface area contributed by atoms with E-state index in [1.54, 1.807) is 0 Å². The van der Waals surface area contributed by atoms with E-state index in [4.69, 9.17) is 5.73 Å². The molecule has 18 heavy (non-hydrogen) atoms. The second-order valence-electron chi connectivity index (χ2n) is 5.22. The Hall–Kier alpha value is -0.580. The van der Waals surface area contributed by atoms with Crippen LogP contribution in [0.4, 0.5) is 5.69 Å². The molecule has 0 bridgehead atoms. The fourth-order valence-electron chi connectivity index (χ4n) is 2.67. The number of hydrogen-bond donors (Lipinski definition) is 2. The van der Waals surface area contributed by atoms with Crippen molar-refractivity contribution >= 4 is 21.6 Å². The molecule has 0 aliphatic heterocycles. The number of nitrogens with zero attached hydrogens (tertiary/aromatic N) is 1. The lowest BCUT2D eigenvalue weighted by molar-refractivity contribution is 0.00799. The molecule has 0 aromatic heterocycles. The van der Waals surface area contributed by atoms with Crippen LogP contribution in [0.5, 0.6) is 0 Å². The highest BCUT2D eigenvalue weighted by Crippen LogP contribution is 2.34.